The lowest BCUT2D eigenvalue weighted by molar-refractivity contribution is 0.392. The molecule has 0 aliphatic rings. The molecule has 2 rings (SSSR count). The van der Waals surface area contributed by atoms with E-state index >= 15 is 0 Å². The zero-order valence-electron chi connectivity index (χ0n) is 9.09. The van der Waals surface area contributed by atoms with E-state index in [9.17, 15) is 18.2 Å². The highest BCUT2D eigenvalue weighted by Gasteiger charge is 2.24. The molecule has 0 heterocycles. The van der Waals surface area contributed by atoms with Gasteiger partial charge < -0.3 is 9.42 Å². The maximum atomic E-state index is 12.9. The summed E-state index contributed by atoms with van der Waals surface area (Å²) < 4.78 is 42.3. The lowest BCUT2D eigenvalue weighted by atomic mass is 10.3. The molecule has 94 valence electrons. The zero-order chi connectivity index (χ0) is 13.2. The average Bonchev–Trinajstić information content (AvgIpc) is 2.29. The summed E-state index contributed by atoms with van der Waals surface area (Å²) in [6.45, 7) is 0. The van der Waals surface area contributed by atoms with Crippen molar-refractivity contribution >= 4 is 12.9 Å². The second kappa shape index (κ2) is 4.88. The number of benzene rings is 2. The van der Waals surface area contributed by atoms with E-state index in [1.807, 2.05) is 0 Å². The molecule has 1 atom stereocenters. The van der Waals surface area contributed by atoms with Crippen molar-refractivity contribution in [3.63, 3.8) is 0 Å². The van der Waals surface area contributed by atoms with Gasteiger partial charge >= 0.3 is 7.60 Å². The molecule has 0 saturated heterocycles. The third-order valence-electron chi connectivity index (χ3n) is 2.18. The van der Waals surface area contributed by atoms with E-state index < -0.39 is 19.2 Å². The Morgan fingerprint density at radius 1 is 1.00 bits per heavy atom. The van der Waals surface area contributed by atoms with E-state index in [1.54, 1.807) is 0 Å². The van der Waals surface area contributed by atoms with Crippen LogP contribution in [-0.4, -0.2) is 4.89 Å². The highest BCUT2D eigenvalue weighted by molar-refractivity contribution is 7.61. The van der Waals surface area contributed by atoms with Crippen molar-refractivity contribution in [1.29, 1.82) is 0 Å². The van der Waals surface area contributed by atoms with Crippen LogP contribution in [0.25, 0.3) is 0 Å². The van der Waals surface area contributed by atoms with Crippen LogP contribution in [0.4, 0.5) is 8.78 Å². The SMILES string of the molecule is O=P(O)(Oc1cccc(F)c1)c1ccc(F)cc1. The summed E-state index contributed by atoms with van der Waals surface area (Å²) in [5, 5.41) is -0.0619. The van der Waals surface area contributed by atoms with Crippen molar-refractivity contribution in [3.05, 3.63) is 60.2 Å². The van der Waals surface area contributed by atoms with E-state index in [4.69, 9.17) is 4.52 Å². The fraction of sp³-hybridized carbons (Fsp3) is 0. The Morgan fingerprint density at radius 3 is 2.28 bits per heavy atom. The predicted molar refractivity (Wildman–Crippen MR) is 62.9 cm³/mol. The Labute approximate surface area is 102 Å². The normalized spacial score (nSPS) is 13.9. The van der Waals surface area contributed by atoms with E-state index in [-0.39, 0.29) is 11.1 Å². The monoisotopic (exact) mass is 270 g/mol. The van der Waals surface area contributed by atoms with Crippen molar-refractivity contribution in [3.8, 4) is 5.75 Å². The molecule has 18 heavy (non-hydrogen) atoms. The molecule has 2 aromatic rings. The predicted octanol–water partition coefficient (Wildman–Crippen LogP) is 2.85. The Hall–Kier alpha value is -1.71. The molecule has 1 N–H and O–H groups in total. The zero-order valence-corrected chi connectivity index (χ0v) is 9.98. The van der Waals surface area contributed by atoms with Gasteiger partial charge in [-0.3, -0.25) is 0 Å². The summed E-state index contributed by atoms with van der Waals surface area (Å²) >= 11 is 0. The van der Waals surface area contributed by atoms with Crippen LogP contribution in [0, 0.1) is 11.6 Å². The van der Waals surface area contributed by atoms with E-state index in [0.29, 0.717) is 0 Å². The van der Waals surface area contributed by atoms with Gasteiger partial charge in [-0.15, -0.1) is 0 Å². The molecular formula is C12H9F2O3P. The minimum absolute atomic E-state index is 0.0619. The first-order valence-electron chi connectivity index (χ1n) is 5.01. The third kappa shape index (κ3) is 2.94. The maximum absolute atomic E-state index is 12.9. The quantitative estimate of drug-likeness (QED) is 0.872. The fourth-order valence-electron chi connectivity index (χ4n) is 1.35. The molecule has 0 aromatic heterocycles. The maximum Gasteiger partial charge on any atom is 0.408 e. The van der Waals surface area contributed by atoms with Gasteiger partial charge in [0.15, 0.2) is 0 Å². The van der Waals surface area contributed by atoms with Crippen LogP contribution in [0.1, 0.15) is 0 Å². The first-order chi connectivity index (χ1) is 8.47. The highest BCUT2D eigenvalue weighted by Crippen LogP contribution is 2.41. The molecule has 1 unspecified atom stereocenters. The number of hydrogen-bond donors (Lipinski definition) is 1. The van der Waals surface area contributed by atoms with Crippen molar-refractivity contribution in [2.75, 3.05) is 0 Å². The van der Waals surface area contributed by atoms with Gasteiger partial charge in [0.25, 0.3) is 0 Å². The van der Waals surface area contributed by atoms with Crippen molar-refractivity contribution in [2.24, 2.45) is 0 Å². The molecule has 0 amide bonds. The molecule has 0 fully saturated rings. The molecular weight excluding hydrogens is 261 g/mol. The Bertz CT molecular complexity index is 599. The van der Waals surface area contributed by atoms with Crippen molar-refractivity contribution in [2.45, 2.75) is 0 Å². The van der Waals surface area contributed by atoms with Gasteiger partial charge in [0, 0.05) is 6.07 Å². The van der Waals surface area contributed by atoms with Crippen LogP contribution in [0.5, 0.6) is 5.75 Å². The second-order valence-electron chi connectivity index (χ2n) is 3.55. The van der Waals surface area contributed by atoms with Gasteiger partial charge in [-0.25, -0.2) is 13.3 Å². The minimum Gasteiger partial charge on any atom is -0.421 e. The minimum atomic E-state index is -4.14. The van der Waals surface area contributed by atoms with Gasteiger partial charge in [-0.05, 0) is 36.4 Å². The summed E-state index contributed by atoms with van der Waals surface area (Å²) in [5.41, 5.74) is 0. The summed E-state index contributed by atoms with van der Waals surface area (Å²) in [6, 6.07) is 9.29. The van der Waals surface area contributed by atoms with Crippen molar-refractivity contribution < 1.29 is 22.8 Å². The van der Waals surface area contributed by atoms with Gasteiger partial charge in [-0.2, -0.15) is 0 Å². The van der Waals surface area contributed by atoms with Crippen LogP contribution in [-0.2, 0) is 4.57 Å². The Kier molecular flexibility index (Phi) is 3.45. The smallest absolute Gasteiger partial charge is 0.408 e. The largest absolute Gasteiger partial charge is 0.421 e. The van der Waals surface area contributed by atoms with Gasteiger partial charge in [0.2, 0.25) is 0 Å². The van der Waals surface area contributed by atoms with Gasteiger partial charge in [-0.1, -0.05) is 6.07 Å². The van der Waals surface area contributed by atoms with E-state index in [1.165, 1.54) is 18.2 Å². The van der Waals surface area contributed by atoms with Crippen molar-refractivity contribution in [1.82, 2.24) is 0 Å². The number of rotatable bonds is 3. The average molecular weight is 270 g/mol. The van der Waals surface area contributed by atoms with Crippen LogP contribution in [0.2, 0.25) is 0 Å². The second-order valence-corrected chi connectivity index (χ2v) is 5.29. The van der Waals surface area contributed by atoms with Gasteiger partial charge in [0.1, 0.15) is 17.4 Å². The molecule has 2 aromatic carbocycles. The van der Waals surface area contributed by atoms with Gasteiger partial charge in [0.05, 0.1) is 5.30 Å². The Morgan fingerprint density at radius 2 is 1.67 bits per heavy atom. The lowest BCUT2D eigenvalue weighted by Gasteiger charge is -2.13. The lowest BCUT2D eigenvalue weighted by Crippen LogP contribution is -2.09. The topological polar surface area (TPSA) is 46.5 Å². The Balaban J connectivity index is 2.27. The van der Waals surface area contributed by atoms with Crippen LogP contribution < -0.4 is 9.83 Å². The van der Waals surface area contributed by atoms with Crippen LogP contribution in [0.3, 0.4) is 0 Å². The molecule has 0 saturated carbocycles. The summed E-state index contributed by atoms with van der Waals surface area (Å²) in [4.78, 5) is 9.71. The fourth-order valence-corrected chi connectivity index (χ4v) is 2.38. The third-order valence-corrected chi connectivity index (χ3v) is 3.59. The number of hydrogen-bond acceptors (Lipinski definition) is 2. The van der Waals surface area contributed by atoms with E-state index in [2.05, 4.69) is 0 Å². The summed E-state index contributed by atoms with van der Waals surface area (Å²) in [6.07, 6.45) is 0. The molecule has 0 bridgehead atoms. The molecule has 6 heteroatoms. The first kappa shape index (κ1) is 12.7. The number of halogens is 2. The van der Waals surface area contributed by atoms with Crippen LogP contribution >= 0.6 is 7.60 Å². The molecule has 0 spiro atoms. The standard InChI is InChI=1S/C12H9F2O3P/c13-9-4-6-12(7-5-9)18(15,16)17-11-3-1-2-10(14)8-11/h1-8H,(H,15,16). The molecule has 0 aliphatic carbocycles. The highest BCUT2D eigenvalue weighted by atomic mass is 31.2. The first-order valence-corrected chi connectivity index (χ1v) is 6.59. The molecule has 0 radical (unpaired) electrons. The van der Waals surface area contributed by atoms with Crippen LogP contribution in [0.15, 0.2) is 48.5 Å². The summed E-state index contributed by atoms with van der Waals surface area (Å²) in [5.74, 6) is -1.17. The van der Waals surface area contributed by atoms with E-state index in [0.717, 1.165) is 30.3 Å². The summed E-state index contributed by atoms with van der Waals surface area (Å²) in [7, 11) is -4.14. The molecule has 3 nitrogen and oxygen atoms in total. The molecule has 0 aliphatic heterocycles.